The van der Waals surface area contributed by atoms with Crippen molar-refractivity contribution in [2.75, 3.05) is 67.1 Å². The highest BCUT2D eigenvalue weighted by atomic mass is 127. The van der Waals surface area contributed by atoms with E-state index in [0.29, 0.717) is 31.8 Å². The number of piperazine rings is 1. The lowest BCUT2D eigenvalue weighted by Crippen LogP contribution is -2.54. The molecule has 0 atom stereocenters. The van der Waals surface area contributed by atoms with Crippen LogP contribution in [0.3, 0.4) is 0 Å². The summed E-state index contributed by atoms with van der Waals surface area (Å²) in [5.74, 6) is 0.551. The number of aliphatic imine (C=N–C) groups is 1. The Hall–Kier alpha value is -1.50. The summed E-state index contributed by atoms with van der Waals surface area (Å²) in [6.45, 7) is 5.36. The van der Waals surface area contributed by atoms with Crippen LogP contribution < -0.4 is 10.6 Å². The molecule has 0 radical (unpaired) electrons. The molecule has 8 nitrogen and oxygen atoms in total. The van der Waals surface area contributed by atoms with Crippen molar-refractivity contribution in [2.45, 2.75) is 13.2 Å². The Bertz CT molecular complexity index is 684. The van der Waals surface area contributed by atoms with Gasteiger partial charge in [0.15, 0.2) is 5.96 Å². The van der Waals surface area contributed by atoms with Gasteiger partial charge in [-0.25, -0.2) is 4.39 Å². The fourth-order valence-electron chi connectivity index (χ4n) is 3.19. The summed E-state index contributed by atoms with van der Waals surface area (Å²) >= 11 is 0. The van der Waals surface area contributed by atoms with Crippen LogP contribution in [0.4, 0.5) is 4.39 Å². The van der Waals surface area contributed by atoms with Crippen molar-refractivity contribution in [1.29, 1.82) is 0 Å². The second-order valence-corrected chi connectivity index (χ2v) is 6.87. The van der Waals surface area contributed by atoms with Gasteiger partial charge >= 0.3 is 0 Å². The summed E-state index contributed by atoms with van der Waals surface area (Å²) in [5, 5.41) is 6.18. The zero-order chi connectivity index (χ0) is 21.1. The number of nitrogens with zero attached hydrogens (tertiary/aromatic N) is 3. The Labute approximate surface area is 195 Å². The number of methoxy groups -OCH3 is 2. The monoisotopic (exact) mass is 537 g/mol. The number of halogens is 2. The fraction of sp³-hybridized carbons (Fsp3) is 0.600. The van der Waals surface area contributed by atoms with E-state index in [2.05, 4.69) is 25.4 Å². The van der Waals surface area contributed by atoms with Gasteiger partial charge in [-0.3, -0.25) is 14.7 Å². The van der Waals surface area contributed by atoms with E-state index in [1.54, 1.807) is 33.4 Å². The summed E-state index contributed by atoms with van der Waals surface area (Å²) < 4.78 is 23.7. The van der Waals surface area contributed by atoms with Gasteiger partial charge in [0.25, 0.3) is 0 Å². The van der Waals surface area contributed by atoms with Gasteiger partial charge in [0.2, 0.25) is 5.91 Å². The van der Waals surface area contributed by atoms with Gasteiger partial charge < -0.3 is 25.0 Å². The van der Waals surface area contributed by atoms with Crippen molar-refractivity contribution in [3.63, 3.8) is 0 Å². The molecule has 0 bridgehead atoms. The maximum Gasteiger partial charge on any atom is 0.234 e. The molecule has 1 aromatic carbocycles. The van der Waals surface area contributed by atoms with Crippen molar-refractivity contribution in [3.8, 4) is 0 Å². The zero-order valence-corrected chi connectivity index (χ0v) is 20.3. The van der Waals surface area contributed by atoms with Gasteiger partial charge in [0.05, 0.1) is 19.8 Å². The lowest BCUT2D eigenvalue weighted by atomic mass is 10.1. The van der Waals surface area contributed by atoms with Crippen molar-refractivity contribution < 1.29 is 18.7 Å². The molecule has 0 saturated carbocycles. The number of hydrogen-bond acceptors (Lipinski definition) is 5. The van der Waals surface area contributed by atoms with Gasteiger partial charge in [0.1, 0.15) is 5.82 Å². The molecule has 1 aromatic rings. The lowest BCUT2D eigenvalue weighted by Gasteiger charge is -2.36. The van der Waals surface area contributed by atoms with E-state index in [1.807, 2.05) is 0 Å². The Kier molecular flexibility index (Phi) is 12.8. The number of hydrogen-bond donors (Lipinski definition) is 2. The molecule has 2 rings (SSSR count). The summed E-state index contributed by atoms with van der Waals surface area (Å²) in [6.07, 6.45) is 0. The molecule has 1 aliphatic heterocycles. The van der Waals surface area contributed by atoms with Crippen molar-refractivity contribution in [2.24, 2.45) is 4.99 Å². The summed E-state index contributed by atoms with van der Waals surface area (Å²) in [7, 11) is 4.91. The molecule has 0 spiro atoms. The summed E-state index contributed by atoms with van der Waals surface area (Å²) in [5.41, 5.74) is 1.50. The van der Waals surface area contributed by atoms with E-state index in [4.69, 9.17) is 9.47 Å². The molecule has 1 fully saturated rings. The smallest absolute Gasteiger partial charge is 0.234 e. The number of guanidine groups is 1. The van der Waals surface area contributed by atoms with E-state index >= 15 is 0 Å². The second-order valence-electron chi connectivity index (χ2n) is 6.87. The molecule has 1 aliphatic rings. The maximum absolute atomic E-state index is 13.8. The van der Waals surface area contributed by atoms with Crippen LogP contribution in [0.1, 0.15) is 11.1 Å². The molecule has 30 heavy (non-hydrogen) atoms. The van der Waals surface area contributed by atoms with Crippen LogP contribution in [0.25, 0.3) is 0 Å². The zero-order valence-electron chi connectivity index (χ0n) is 17.9. The highest BCUT2D eigenvalue weighted by Crippen LogP contribution is 2.12. The van der Waals surface area contributed by atoms with Crippen LogP contribution in [-0.2, 0) is 27.4 Å². The first-order chi connectivity index (χ1) is 14.1. The van der Waals surface area contributed by atoms with Crippen molar-refractivity contribution in [3.05, 3.63) is 35.1 Å². The number of carbonyl (C=O) groups excluding carboxylic acids is 1. The minimum atomic E-state index is -0.262. The Balaban J connectivity index is 0.00000450. The topological polar surface area (TPSA) is 78.4 Å². The number of ether oxygens (including phenoxy) is 2. The van der Waals surface area contributed by atoms with Crippen LogP contribution in [0.15, 0.2) is 23.2 Å². The Morgan fingerprint density at radius 2 is 1.90 bits per heavy atom. The molecule has 1 heterocycles. The molecule has 1 saturated heterocycles. The molecular weight excluding hydrogens is 504 g/mol. The van der Waals surface area contributed by atoms with Gasteiger partial charge in [-0.15, -0.1) is 24.0 Å². The van der Waals surface area contributed by atoms with Crippen LogP contribution in [0, 0.1) is 5.82 Å². The molecule has 2 N–H and O–H groups in total. The average molecular weight is 537 g/mol. The first kappa shape index (κ1) is 26.5. The van der Waals surface area contributed by atoms with Crippen LogP contribution in [-0.4, -0.2) is 88.8 Å². The largest absolute Gasteiger partial charge is 0.383 e. The molecule has 0 aliphatic carbocycles. The summed E-state index contributed by atoms with van der Waals surface area (Å²) in [4.78, 5) is 20.6. The van der Waals surface area contributed by atoms with Gasteiger partial charge in [-0.2, -0.15) is 0 Å². The number of rotatable bonds is 9. The van der Waals surface area contributed by atoms with Crippen LogP contribution in [0.5, 0.6) is 0 Å². The van der Waals surface area contributed by atoms with E-state index in [1.165, 1.54) is 6.07 Å². The number of nitrogens with one attached hydrogen (secondary N) is 2. The van der Waals surface area contributed by atoms with E-state index in [9.17, 15) is 9.18 Å². The predicted octanol–water partition coefficient (Wildman–Crippen LogP) is 1.05. The lowest BCUT2D eigenvalue weighted by molar-refractivity contribution is -0.122. The van der Waals surface area contributed by atoms with E-state index in [0.717, 1.165) is 37.7 Å². The van der Waals surface area contributed by atoms with Crippen molar-refractivity contribution in [1.82, 2.24) is 20.4 Å². The highest BCUT2D eigenvalue weighted by Gasteiger charge is 2.21. The minimum absolute atomic E-state index is 0. The summed E-state index contributed by atoms with van der Waals surface area (Å²) in [6, 6.07) is 5.03. The third-order valence-electron chi connectivity index (χ3n) is 4.74. The average Bonchev–Trinajstić information content (AvgIpc) is 2.72. The van der Waals surface area contributed by atoms with E-state index in [-0.39, 0.29) is 42.3 Å². The quantitative estimate of drug-likeness (QED) is 0.212. The predicted molar refractivity (Wildman–Crippen MR) is 126 cm³/mol. The first-order valence-electron chi connectivity index (χ1n) is 9.77. The standard InChI is InChI=1S/C20H32FN5O3.HI/c1-22-20(24-13-16-4-5-18(21)17(12-16)15-29-3)26-9-7-25(8-10-26)14-19(27)23-6-11-28-2;/h4-5,12H,6-11,13-15H2,1-3H3,(H,22,24)(H,23,27);1H. The molecular formula is C20H33FIN5O3. The van der Waals surface area contributed by atoms with Gasteiger partial charge in [-0.1, -0.05) is 6.07 Å². The molecule has 0 aromatic heterocycles. The van der Waals surface area contributed by atoms with Gasteiger partial charge in [0, 0.05) is 66.1 Å². The second kappa shape index (κ2) is 14.5. The van der Waals surface area contributed by atoms with Crippen LogP contribution >= 0.6 is 24.0 Å². The minimum Gasteiger partial charge on any atom is -0.383 e. The molecule has 170 valence electrons. The number of benzene rings is 1. The van der Waals surface area contributed by atoms with Crippen LogP contribution in [0.2, 0.25) is 0 Å². The van der Waals surface area contributed by atoms with Crippen molar-refractivity contribution >= 4 is 35.8 Å². The van der Waals surface area contributed by atoms with Gasteiger partial charge in [-0.05, 0) is 17.7 Å². The Morgan fingerprint density at radius 1 is 1.17 bits per heavy atom. The third-order valence-corrected chi connectivity index (χ3v) is 4.74. The Morgan fingerprint density at radius 3 is 2.53 bits per heavy atom. The first-order valence-corrected chi connectivity index (χ1v) is 9.77. The molecule has 10 heteroatoms. The molecule has 1 amide bonds. The number of carbonyl (C=O) groups is 1. The number of amides is 1. The fourth-order valence-corrected chi connectivity index (χ4v) is 3.19. The maximum atomic E-state index is 13.8. The highest BCUT2D eigenvalue weighted by molar-refractivity contribution is 14.0. The molecule has 0 unspecified atom stereocenters. The third kappa shape index (κ3) is 8.70. The normalized spacial score (nSPS) is 14.9. The SMILES string of the molecule is CN=C(NCc1ccc(F)c(COC)c1)N1CCN(CC(=O)NCCOC)CC1.I. The van der Waals surface area contributed by atoms with E-state index < -0.39 is 0 Å².